The Kier molecular flexibility index (Phi) is 8.50. The van der Waals surface area contributed by atoms with E-state index in [1.54, 1.807) is 12.1 Å². The first kappa shape index (κ1) is 29.8. The number of nitrogens with one attached hydrogen (secondary N) is 1. The summed E-state index contributed by atoms with van der Waals surface area (Å²) in [6.45, 7) is 0. The third-order valence-electron chi connectivity index (χ3n) is 7.20. The molecule has 5 aromatic carbocycles. The van der Waals surface area contributed by atoms with E-state index in [0.29, 0.717) is 5.75 Å². The zero-order chi connectivity index (χ0) is 30.5. The number of aliphatic hydroxyl groups is 1. The van der Waals surface area contributed by atoms with E-state index in [2.05, 4.69) is 17.2 Å². The molecular weight excluding hydrogens is 571 g/mol. The van der Waals surface area contributed by atoms with E-state index in [9.17, 15) is 18.3 Å². The fourth-order valence-corrected chi connectivity index (χ4v) is 5.21. The molecule has 1 atom stereocenters. The smallest absolute Gasteiger partial charge is 0.433 e. The van der Waals surface area contributed by atoms with Crippen LogP contribution in [-0.4, -0.2) is 18.4 Å². The number of hydrogen-bond donors (Lipinski definition) is 2. The van der Waals surface area contributed by atoms with Crippen molar-refractivity contribution in [2.75, 3.05) is 12.4 Å². The predicted molar refractivity (Wildman–Crippen MR) is 164 cm³/mol. The van der Waals surface area contributed by atoms with E-state index >= 15 is 0 Å². The van der Waals surface area contributed by atoms with Gasteiger partial charge in [0.15, 0.2) is 0 Å². The maximum absolute atomic E-state index is 14.9. The first-order valence-corrected chi connectivity index (χ1v) is 13.8. The van der Waals surface area contributed by atoms with E-state index in [1.165, 1.54) is 31.4 Å². The van der Waals surface area contributed by atoms with Crippen LogP contribution in [0.4, 0.5) is 18.9 Å². The maximum atomic E-state index is 14.9. The minimum atomic E-state index is -5.18. The normalized spacial score (nSPS) is 12.9. The SMILES string of the molecule is COc1ccc(C#CC(O)(c2cc(Cl)ccc2NC(c2ccccc2)(c2ccccc2)c2ccccc2)C(F)(F)F)cc1. The molecule has 0 bridgehead atoms. The van der Waals surface area contributed by atoms with Crippen LogP contribution in [0.5, 0.6) is 5.75 Å². The van der Waals surface area contributed by atoms with Crippen LogP contribution in [0.1, 0.15) is 27.8 Å². The van der Waals surface area contributed by atoms with Crippen molar-refractivity contribution in [3.8, 4) is 17.6 Å². The van der Waals surface area contributed by atoms with Gasteiger partial charge in [-0.1, -0.05) is 109 Å². The van der Waals surface area contributed by atoms with Crippen molar-refractivity contribution in [2.24, 2.45) is 0 Å². The van der Waals surface area contributed by atoms with Crippen molar-refractivity contribution in [2.45, 2.75) is 17.3 Å². The maximum Gasteiger partial charge on any atom is 0.433 e. The van der Waals surface area contributed by atoms with Crippen LogP contribution in [0.3, 0.4) is 0 Å². The van der Waals surface area contributed by atoms with Crippen molar-refractivity contribution in [3.05, 3.63) is 166 Å². The van der Waals surface area contributed by atoms with Gasteiger partial charge in [-0.05, 0) is 65.1 Å². The van der Waals surface area contributed by atoms with Crippen molar-refractivity contribution in [1.82, 2.24) is 0 Å². The summed E-state index contributed by atoms with van der Waals surface area (Å²) in [4.78, 5) is 0. The van der Waals surface area contributed by atoms with Crippen molar-refractivity contribution in [3.63, 3.8) is 0 Å². The number of methoxy groups -OCH3 is 1. The monoisotopic (exact) mass is 597 g/mol. The molecular formula is C36H27ClF3NO2. The van der Waals surface area contributed by atoms with E-state index in [-0.39, 0.29) is 16.3 Å². The van der Waals surface area contributed by atoms with Crippen LogP contribution < -0.4 is 10.1 Å². The lowest BCUT2D eigenvalue weighted by atomic mass is 9.76. The number of ether oxygens (including phenoxy) is 1. The number of alkyl halides is 3. The Morgan fingerprint density at radius 2 is 1.19 bits per heavy atom. The van der Waals surface area contributed by atoms with Crippen LogP contribution in [0.15, 0.2) is 133 Å². The second-order valence-electron chi connectivity index (χ2n) is 9.85. The topological polar surface area (TPSA) is 41.5 Å². The van der Waals surface area contributed by atoms with Gasteiger partial charge in [0.25, 0.3) is 5.60 Å². The number of anilines is 1. The van der Waals surface area contributed by atoms with Gasteiger partial charge in [-0.25, -0.2) is 0 Å². The number of benzene rings is 5. The van der Waals surface area contributed by atoms with E-state index in [0.717, 1.165) is 22.8 Å². The lowest BCUT2D eigenvalue weighted by Gasteiger charge is -2.39. The summed E-state index contributed by atoms with van der Waals surface area (Å²) in [6.07, 6.45) is -5.18. The molecule has 0 radical (unpaired) electrons. The second-order valence-corrected chi connectivity index (χ2v) is 10.3. The molecule has 1 unspecified atom stereocenters. The molecule has 0 spiro atoms. The first-order chi connectivity index (χ1) is 20.7. The molecule has 2 N–H and O–H groups in total. The average molecular weight is 598 g/mol. The van der Waals surface area contributed by atoms with Gasteiger partial charge in [-0.15, -0.1) is 0 Å². The Balaban J connectivity index is 1.76. The van der Waals surface area contributed by atoms with Crippen LogP contribution in [0, 0.1) is 11.8 Å². The Morgan fingerprint density at radius 1 is 0.698 bits per heavy atom. The molecule has 216 valence electrons. The summed E-state index contributed by atoms with van der Waals surface area (Å²) in [7, 11) is 1.48. The first-order valence-electron chi connectivity index (χ1n) is 13.4. The summed E-state index contributed by atoms with van der Waals surface area (Å²) < 4.78 is 49.8. The highest BCUT2D eigenvalue weighted by Crippen LogP contribution is 2.46. The van der Waals surface area contributed by atoms with Gasteiger partial charge < -0.3 is 15.2 Å². The largest absolute Gasteiger partial charge is 0.497 e. The third-order valence-corrected chi connectivity index (χ3v) is 7.44. The molecule has 0 heterocycles. The highest BCUT2D eigenvalue weighted by molar-refractivity contribution is 6.30. The van der Waals surface area contributed by atoms with E-state index < -0.39 is 22.9 Å². The summed E-state index contributed by atoms with van der Waals surface area (Å²) in [5.74, 6) is 5.14. The Bertz CT molecular complexity index is 1640. The molecule has 0 aliphatic heterocycles. The molecule has 5 rings (SSSR count). The molecule has 0 aliphatic carbocycles. The second kappa shape index (κ2) is 12.3. The summed E-state index contributed by atoms with van der Waals surface area (Å²) in [5.41, 5.74) is -2.68. The standard InChI is InChI=1S/C36H27ClF3NO2/c1-43-31-20-17-26(18-21-31)23-24-34(42,36(38,39)40)32-25-30(37)19-22-33(32)41-35(27-11-5-2-6-12-27,28-13-7-3-8-14-28)29-15-9-4-10-16-29/h2-22,25,41-42H,1H3. The van der Waals surface area contributed by atoms with Crippen LogP contribution in [0.2, 0.25) is 5.02 Å². The Labute approximate surface area is 253 Å². The summed E-state index contributed by atoms with van der Waals surface area (Å²) in [5, 5.41) is 14.9. The van der Waals surface area contributed by atoms with Gasteiger partial charge in [0.2, 0.25) is 0 Å². The number of hydrogen-bond acceptors (Lipinski definition) is 3. The Morgan fingerprint density at radius 3 is 1.63 bits per heavy atom. The molecule has 5 aromatic rings. The van der Waals surface area contributed by atoms with Gasteiger partial charge in [-0.2, -0.15) is 13.2 Å². The molecule has 3 nitrogen and oxygen atoms in total. The zero-order valence-electron chi connectivity index (χ0n) is 23.1. The van der Waals surface area contributed by atoms with Gasteiger partial charge in [-0.3, -0.25) is 0 Å². The molecule has 0 aromatic heterocycles. The van der Waals surface area contributed by atoms with Gasteiger partial charge >= 0.3 is 6.18 Å². The van der Waals surface area contributed by atoms with Gasteiger partial charge in [0, 0.05) is 21.8 Å². The number of rotatable bonds is 7. The zero-order valence-corrected chi connectivity index (χ0v) is 23.8. The van der Waals surface area contributed by atoms with Crippen molar-refractivity contribution in [1.29, 1.82) is 0 Å². The van der Waals surface area contributed by atoms with E-state index in [1.807, 2.05) is 91.0 Å². The molecule has 7 heteroatoms. The van der Waals surface area contributed by atoms with Crippen molar-refractivity contribution >= 4 is 17.3 Å². The number of halogens is 4. The van der Waals surface area contributed by atoms with Crippen LogP contribution in [-0.2, 0) is 11.1 Å². The lowest BCUT2D eigenvalue weighted by Crippen LogP contribution is -2.43. The molecule has 0 fully saturated rings. The molecule has 0 saturated heterocycles. The van der Waals surface area contributed by atoms with Crippen LogP contribution >= 0.6 is 11.6 Å². The lowest BCUT2D eigenvalue weighted by molar-refractivity contribution is -0.240. The Hall–Kier alpha value is -4.70. The quantitative estimate of drug-likeness (QED) is 0.146. The van der Waals surface area contributed by atoms with E-state index in [4.69, 9.17) is 16.3 Å². The fraction of sp³-hybridized carbons (Fsp3) is 0.111. The van der Waals surface area contributed by atoms with Gasteiger partial charge in [0.05, 0.1) is 7.11 Å². The third kappa shape index (κ3) is 5.96. The van der Waals surface area contributed by atoms with Crippen molar-refractivity contribution < 1.29 is 23.0 Å². The van der Waals surface area contributed by atoms with Gasteiger partial charge in [0.1, 0.15) is 11.3 Å². The highest BCUT2D eigenvalue weighted by atomic mass is 35.5. The molecule has 0 aliphatic rings. The summed E-state index contributed by atoms with van der Waals surface area (Å²) >= 11 is 6.28. The molecule has 0 amide bonds. The average Bonchev–Trinajstić information content (AvgIpc) is 3.04. The molecule has 0 saturated carbocycles. The predicted octanol–water partition coefficient (Wildman–Crippen LogP) is 8.55. The minimum Gasteiger partial charge on any atom is -0.497 e. The summed E-state index contributed by atoms with van der Waals surface area (Å²) in [6, 6.07) is 38.5. The molecule has 43 heavy (non-hydrogen) atoms. The van der Waals surface area contributed by atoms with Crippen LogP contribution in [0.25, 0.3) is 0 Å². The highest BCUT2D eigenvalue weighted by Gasteiger charge is 2.56. The fourth-order valence-electron chi connectivity index (χ4n) is 5.04. The minimum absolute atomic E-state index is 0.00446.